The van der Waals surface area contributed by atoms with Crippen LogP contribution in [0.25, 0.3) is 22.3 Å². The van der Waals surface area contributed by atoms with E-state index in [9.17, 15) is 9.59 Å². The van der Waals surface area contributed by atoms with Gasteiger partial charge >= 0.3 is 0 Å². The molecule has 94 valence electrons. The number of primary amides is 2. The van der Waals surface area contributed by atoms with E-state index in [4.69, 9.17) is 23.1 Å². The topological polar surface area (TPSA) is 86.2 Å². The van der Waals surface area contributed by atoms with E-state index in [-0.39, 0.29) is 10.6 Å². The first kappa shape index (κ1) is 11.7. The molecule has 0 spiro atoms. The maximum absolute atomic E-state index is 11.7. The number of carbonyl (C=O) groups excluding carboxylic acids is 2. The molecule has 2 amide bonds. The molecule has 5 heteroatoms. The fourth-order valence-corrected chi connectivity index (χ4v) is 2.76. The lowest BCUT2D eigenvalue weighted by molar-refractivity contribution is 0.0989. The molecule has 0 heterocycles. The molecule has 19 heavy (non-hydrogen) atoms. The summed E-state index contributed by atoms with van der Waals surface area (Å²) >= 11 is 6.22. The summed E-state index contributed by atoms with van der Waals surface area (Å²) in [6.45, 7) is 0. The van der Waals surface area contributed by atoms with Gasteiger partial charge in [0.15, 0.2) is 0 Å². The van der Waals surface area contributed by atoms with Crippen LogP contribution in [0, 0.1) is 0 Å². The average Bonchev–Trinajstić information content (AvgIpc) is 2.56. The van der Waals surface area contributed by atoms with Crippen LogP contribution >= 0.6 is 11.6 Å². The molecule has 0 unspecified atom stereocenters. The predicted molar refractivity (Wildman–Crippen MR) is 72.9 cm³/mol. The van der Waals surface area contributed by atoms with E-state index in [0.717, 1.165) is 11.1 Å². The van der Waals surface area contributed by atoms with Gasteiger partial charge < -0.3 is 11.5 Å². The maximum atomic E-state index is 11.7. The van der Waals surface area contributed by atoms with Crippen molar-refractivity contribution in [1.29, 1.82) is 0 Å². The second-order valence-corrected chi connectivity index (χ2v) is 4.72. The number of nitrogens with two attached hydrogens (primary N) is 2. The molecule has 2 aliphatic rings. The van der Waals surface area contributed by atoms with Crippen LogP contribution in [0.15, 0.2) is 30.3 Å². The van der Waals surface area contributed by atoms with Gasteiger partial charge in [0.2, 0.25) is 11.8 Å². The fraction of sp³-hybridized carbons (Fsp3) is 0. The molecule has 2 aromatic rings. The molecule has 4 bridgehead atoms. The normalized spacial score (nSPS) is 11.2. The lowest BCUT2D eigenvalue weighted by Crippen LogP contribution is -2.17. The van der Waals surface area contributed by atoms with Gasteiger partial charge in [-0.2, -0.15) is 0 Å². The number of amides is 2. The minimum Gasteiger partial charge on any atom is -0.366 e. The zero-order chi connectivity index (χ0) is 13.7. The van der Waals surface area contributed by atoms with Gasteiger partial charge in [0.05, 0.1) is 16.1 Å². The summed E-state index contributed by atoms with van der Waals surface area (Å²) in [5.74, 6) is -1.21. The van der Waals surface area contributed by atoms with Gasteiger partial charge in [0.25, 0.3) is 0 Å². The summed E-state index contributed by atoms with van der Waals surface area (Å²) in [5.41, 5.74) is 13.9. The summed E-state index contributed by atoms with van der Waals surface area (Å²) in [6, 6.07) is 8.89. The Kier molecular flexibility index (Phi) is 2.37. The highest BCUT2D eigenvalue weighted by Gasteiger charge is 2.26. The highest BCUT2D eigenvalue weighted by atomic mass is 35.5. The zero-order valence-electron chi connectivity index (χ0n) is 9.74. The molecule has 0 aromatic heterocycles. The average molecular weight is 273 g/mol. The summed E-state index contributed by atoms with van der Waals surface area (Å²) in [5, 5.41) is 0.164. The fourth-order valence-electron chi connectivity index (χ4n) is 2.41. The van der Waals surface area contributed by atoms with Crippen molar-refractivity contribution in [3.8, 4) is 22.3 Å². The maximum Gasteiger partial charge on any atom is 0.250 e. The van der Waals surface area contributed by atoms with Crippen LogP contribution in [0.4, 0.5) is 0 Å². The van der Waals surface area contributed by atoms with Crippen molar-refractivity contribution in [3.63, 3.8) is 0 Å². The van der Waals surface area contributed by atoms with Crippen LogP contribution < -0.4 is 11.5 Å². The molecule has 4 nitrogen and oxygen atoms in total. The second kappa shape index (κ2) is 3.83. The monoisotopic (exact) mass is 272 g/mol. The highest BCUT2D eigenvalue weighted by Crippen LogP contribution is 2.43. The molecule has 4 N–H and O–H groups in total. The minimum atomic E-state index is -0.633. The predicted octanol–water partition coefficient (Wildman–Crippen LogP) is 2.19. The first-order valence-corrected chi connectivity index (χ1v) is 5.95. The number of carbonyl (C=O) groups is 2. The third-order valence-electron chi connectivity index (χ3n) is 3.26. The van der Waals surface area contributed by atoms with Crippen molar-refractivity contribution in [2.75, 3.05) is 0 Å². The van der Waals surface area contributed by atoms with Crippen LogP contribution in [-0.4, -0.2) is 11.8 Å². The lowest BCUT2D eigenvalue weighted by atomic mass is 9.94. The molecular weight excluding hydrogens is 264 g/mol. The molecule has 0 saturated carbocycles. The molecule has 0 aliphatic heterocycles. The number of hydrogen-bond acceptors (Lipinski definition) is 2. The standard InChI is InChI=1S/C14H9ClN2O2/c15-12-9(13(16)18)5-8-6-1-3-7(4-2-6)10(12)11(8)14(17)19/h1-5H,(H2,16,18)(H2,17,19). The Balaban J connectivity index is 2.53. The number of benzene rings is 2. The molecule has 2 aromatic carbocycles. The second-order valence-electron chi connectivity index (χ2n) is 4.34. The molecule has 4 rings (SSSR count). The third-order valence-corrected chi connectivity index (χ3v) is 3.65. The van der Waals surface area contributed by atoms with Gasteiger partial charge in [-0.25, -0.2) is 0 Å². The van der Waals surface area contributed by atoms with E-state index in [2.05, 4.69) is 0 Å². The summed E-state index contributed by atoms with van der Waals surface area (Å²) in [6.07, 6.45) is 0. The van der Waals surface area contributed by atoms with Crippen molar-refractivity contribution in [1.82, 2.24) is 0 Å². The van der Waals surface area contributed by atoms with E-state index in [1.54, 1.807) is 0 Å². The van der Waals surface area contributed by atoms with Crippen molar-refractivity contribution in [3.05, 3.63) is 46.5 Å². The van der Waals surface area contributed by atoms with Crippen molar-refractivity contribution in [2.24, 2.45) is 11.5 Å². The van der Waals surface area contributed by atoms with Crippen molar-refractivity contribution in [2.45, 2.75) is 0 Å². The summed E-state index contributed by atoms with van der Waals surface area (Å²) < 4.78 is 0. The van der Waals surface area contributed by atoms with Crippen LogP contribution in [0.5, 0.6) is 0 Å². The van der Waals surface area contributed by atoms with Gasteiger partial charge in [-0.05, 0) is 22.8 Å². The molecule has 0 radical (unpaired) electrons. The van der Waals surface area contributed by atoms with Crippen LogP contribution in [-0.2, 0) is 0 Å². The number of hydrogen-bond donors (Lipinski definition) is 2. The molecule has 0 saturated heterocycles. The Bertz CT molecular complexity index is 736. The number of fused-ring (bicyclic) bond motifs is 2. The van der Waals surface area contributed by atoms with Gasteiger partial charge in [-0.3, -0.25) is 9.59 Å². The SMILES string of the molecule is NC(=O)c1cc2c(C(N)=O)c(c1Cl)-c1ccc-2cc1. The summed E-state index contributed by atoms with van der Waals surface area (Å²) in [7, 11) is 0. The Morgan fingerprint density at radius 1 is 0.947 bits per heavy atom. The highest BCUT2D eigenvalue weighted by molar-refractivity contribution is 6.38. The van der Waals surface area contributed by atoms with E-state index in [0.29, 0.717) is 16.7 Å². The molecule has 0 atom stereocenters. The van der Waals surface area contributed by atoms with Gasteiger partial charge in [-0.1, -0.05) is 35.9 Å². The Morgan fingerprint density at radius 3 is 2.05 bits per heavy atom. The first-order chi connectivity index (χ1) is 9.00. The zero-order valence-corrected chi connectivity index (χ0v) is 10.5. The Hall–Kier alpha value is -2.33. The van der Waals surface area contributed by atoms with Crippen LogP contribution in [0.3, 0.4) is 0 Å². The van der Waals surface area contributed by atoms with E-state index >= 15 is 0 Å². The Morgan fingerprint density at radius 2 is 1.53 bits per heavy atom. The van der Waals surface area contributed by atoms with E-state index in [1.807, 2.05) is 24.3 Å². The van der Waals surface area contributed by atoms with Gasteiger partial charge in [0, 0.05) is 5.56 Å². The van der Waals surface area contributed by atoms with E-state index < -0.39 is 11.8 Å². The number of rotatable bonds is 2. The Labute approximate surface area is 114 Å². The van der Waals surface area contributed by atoms with Crippen LogP contribution in [0.2, 0.25) is 5.02 Å². The van der Waals surface area contributed by atoms with Crippen LogP contribution in [0.1, 0.15) is 20.7 Å². The van der Waals surface area contributed by atoms with Gasteiger partial charge in [0.1, 0.15) is 0 Å². The largest absolute Gasteiger partial charge is 0.366 e. The first-order valence-electron chi connectivity index (χ1n) is 5.57. The van der Waals surface area contributed by atoms with Crippen molar-refractivity contribution >= 4 is 23.4 Å². The third kappa shape index (κ3) is 1.54. The van der Waals surface area contributed by atoms with E-state index in [1.165, 1.54) is 6.07 Å². The lowest BCUT2D eigenvalue weighted by Gasteiger charge is -2.13. The van der Waals surface area contributed by atoms with Gasteiger partial charge in [-0.15, -0.1) is 0 Å². The molecule has 2 aliphatic carbocycles. The summed E-state index contributed by atoms with van der Waals surface area (Å²) in [4.78, 5) is 23.2. The quantitative estimate of drug-likeness (QED) is 0.749. The molecular formula is C14H9ClN2O2. The van der Waals surface area contributed by atoms with Crippen molar-refractivity contribution < 1.29 is 9.59 Å². The smallest absolute Gasteiger partial charge is 0.250 e. The minimum absolute atomic E-state index is 0.164. The number of halogens is 1. The molecule has 0 fully saturated rings.